The van der Waals surface area contributed by atoms with Crippen LogP contribution >= 0.6 is 0 Å². The van der Waals surface area contributed by atoms with E-state index >= 15 is 0 Å². The highest BCUT2D eigenvalue weighted by Crippen LogP contribution is 2.10. The van der Waals surface area contributed by atoms with Gasteiger partial charge in [0.05, 0.1) is 0 Å². The molecule has 0 radical (unpaired) electrons. The largest absolute Gasteiger partial charge is 0.480 e. The van der Waals surface area contributed by atoms with Crippen LogP contribution in [0.4, 0.5) is 4.79 Å². The predicted molar refractivity (Wildman–Crippen MR) is 80.3 cm³/mol. The van der Waals surface area contributed by atoms with Crippen molar-refractivity contribution >= 4 is 12.1 Å². The first-order chi connectivity index (χ1) is 9.71. The minimum atomic E-state index is -1.08. The van der Waals surface area contributed by atoms with Crippen LogP contribution in [0.15, 0.2) is 24.3 Å². The molecule has 5 heteroatoms. The number of rotatable bonds is 5. The standard InChI is InChI=1S/C16H23NO4/c1-5-11-6-8-12(9-7-11)10-13(14(18)19)17-15(20)21-16(2,3)4/h6-9,13H,5,10H2,1-4H3,(H,17,20)(H,18,19). The van der Waals surface area contributed by atoms with Gasteiger partial charge in [-0.3, -0.25) is 0 Å². The zero-order chi connectivity index (χ0) is 16.0. The van der Waals surface area contributed by atoms with Gasteiger partial charge in [-0.25, -0.2) is 9.59 Å². The van der Waals surface area contributed by atoms with Crippen LogP contribution in [0.1, 0.15) is 38.8 Å². The molecule has 0 heterocycles. The van der Waals surface area contributed by atoms with Crippen LogP contribution in [-0.2, 0) is 22.4 Å². The van der Waals surface area contributed by atoms with Crippen molar-refractivity contribution in [3.8, 4) is 0 Å². The van der Waals surface area contributed by atoms with Crippen molar-refractivity contribution in [1.29, 1.82) is 0 Å². The third kappa shape index (κ3) is 6.29. The molecule has 1 atom stereocenters. The van der Waals surface area contributed by atoms with E-state index in [0.29, 0.717) is 0 Å². The Morgan fingerprint density at radius 2 is 1.71 bits per heavy atom. The highest BCUT2D eigenvalue weighted by Gasteiger charge is 2.24. The Hall–Kier alpha value is -2.04. The summed E-state index contributed by atoms with van der Waals surface area (Å²) in [5.41, 5.74) is 1.39. The SMILES string of the molecule is CCc1ccc(CC(NC(=O)OC(C)(C)C)C(=O)O)cc1. The summed E-state index contributed by atoms with van der Waals surface area (Å²) < 4.78 is 5.08. The summed E-state index contributed by atoms with van der Waals surface area (Å²) >= 11 is 0. The molecule has 1 aromatic carbocycles. The van der Waals surface area contributed by atoms with Crippen LogP contribution in [0.25, 0.3) is 0 Å². The van der Waals surface area contributed by atoms with Crippen molar-refractivity contribution in [1.82, 2.24) is 5.32 Å². The Morgan fingerprint density at radius 1 is 1.19 bits per heavy atom. The molecule has 0 spiro atoms. The van der Waals surface area contributed by atoms with Gasteiger partial charge in [-0.15, -0.1) is 0 Å². The first kappa shape index (κ1) is 17.0. The number of carbonyl (C=O) groups is 2. The quantitative estimate of drug-likeness (QED) is 0.875. The van der Waals surface area contributed by atoms with E-state index in [1.165, 1.54) is 5.56 Å². The second-order valence-electron chi connectivity index (χ2n) is 5.91. The fraction of sp³-hybridized carbons (Fsp3) is 0.500. The first-order valence-electron chi connectivity index (χ1n) is 7.01. The number of alkyl carbamates (subject to hydrolysis) is 1. The molecular formula is C16H23NO4. The molecule has 0 saturated carbocycles. The monoisotopic (exact) mass is 293 g/mol. The molecule has 5 nitrogen and oxygen atoms in total. The summed E-state index contributed by atoms with van der Waals surface area (Å²) in [4.78, 5) is 22.9. The van der Waals surface area contributed by atoms with Crippen LogP contribution in [0.5, 0.6) is 0 Å². The zero-order valence-corrected chi connectivity index (χ0v) is 13.0. The third-order valence-corrected chi connectivity index (χ3v) is 2.86. The predicted octanol–water partition coefficient (Wildman–Crippen LogP) is 2.77. The highest BCUT2D eigenvalue weighted by molar-refractivity contribution is 5.80. The molecule has 0 bridgehead atoms. The Balaban J connectivity index is 2.69. The molecule has 21 heavy (non-hydrogen) atoms. The summed E-state index contributed by atoms with van der Waals surface area (Å²) in [5, 5.41) is 11.6. The lowest BCUT2D eigenvalue weighted by Crippen LogP contribution is -2.44. The van der Waals surface area contributed by atoms with E-state index in [4.69, 9.17) is 4.74 Å². The lowest BCUT2D eigenvalue weighted by molar-refractivity contribution is -0.139. The van der Waals surface area contributed by atoms with Gasteiger partial charge in [-0.05, 0) is 38.3 Å². The fourth-order valence-corrected chi connectivity index (χ4v) is 1.80. The van der Waals surface area contributed by atoms with Crippen LogP contribution in [0, 0.1) is 0 Å². The van der Waals surface area contributed by atoms with Gasteiger partial charge in [-0.2, -0.15) is 0 Å². The number of ether oxygens (including phenoxy) is 1. The fourth-order valence-electron chi connectivity index (χ4n) is 1.80. The molecule has 0 aliphatic rings. The first-order valence-corrected chi connectivity index (χ1v) is 7.01. The topological polar surface area (TPSA) is 75.6 Å². The van der Waals surface area contributed by atoms with Crippen molar-refractivity contribution in [2.24, 2.45) is 0 Å². The van der Waals surface area contributed by atoms with E-state index < -0.39 is 23.7 Å². The smallest absolute Gasteiger partial charge is 0.408 e. The van der Waals surface area contributed by atoms with E-state index in [0.717, 1.165) is 12.0 Å². The van der Waals surface area contributed by atoms with Gasteiger partial charge in [0.15, 0.2) is 0 Å². The second kappa shape index (κ2) is 7.11. The van der Waals surface area contributed by atoms with Crippen LogP contribution in [0.2, 0.25) is 0 Å². The van der Waals surface area contributed by atoms with Crippen molar-refractivity contribution in [2.45, 2.75) is 52.2 Å². The summed E-state index contributed by atoms with van der Waals surface area (Å²) in [5.74, 6) is -1.08. The molecular weight excluding hydrogens is 270 g/mol. The number of hydrogen-bond acceptors (Lipinski definition) is 3. The number of aryl methyl sites for hydroxylation is 1. The molecule has 0 aliphatic heterocycles. The molecule has 116 valence electrons. The number of aliphatic carboxylic acids is 1. The molecule has 0 aliphatic carbocycles. The molecule has 0 fully saturated rings. The normalized spacial score (nSPS) is 12.6. The maximum Gasteiger partial charge on any atom is 0.408 e. The summed E-state index contributed by atoms with van der Waals surface area (Å²) in [6, 6.07) is 6.67. The zero-order valence-electron chi connectivity index (χ0n) is 13.0. The van der Waals surface area contributed by atoms with Crippen LogP contribution in [-0.4, -0.2) is 28.8 Å². The molecule has 1 rings (SSSR count). The van der Waals surface area contributed by atoms with E-state index in [1.807, 2.05) is 24.3 Å². The van der Waals surface area contributed by atoms with Crippen LogP contribution in [0.3, 0.4) is 0 Å². The number of carbonyl (C=O) groups excluding carboxylic acids is 1. The van der Waals surface area contributed by atoms with E-state index in [1.54, 1.807) is 20.8 Å². The molecule has 1 unspecified atom stereocenters. The third-order valence-electron chi connectivity index (χ3n) is 2.86. The van der Waals surface area contributed by atoms with Gasteiger partial charge >= 0.3 is 12.1 Å². The van der Waals surface area contributed by atoms with Gasteiger partial charge in [0.2, 0.25) is 0 Å². The Labute approximate surface area is 125 Å². The maximum absolute atomic E-state index is 11.7. The molecule has 0 saturated heterocycles. The number of carboxylic acid groups (broad SMARTS) is 1. The summed E-state index contributed by atoms with van der Waals surface area (Å²) in [6.07, 6.45) is 0.428. The number of hydrogen-bond donors (Lipinski definition) is 2. The lowest BCUT2D eigenvalue weighted by atomic mass is 10.0. The van der Waals surface area contributed by atoms with Crippen molar-refractivity contribution in [3.05, 3.63) is 35.4 Å². The minimum Gasteiger partial charge on any atom is -0.480 e. The molecule has 0 aromatic heterocycles. The summed E-state index contributed by atoms with van der Waals surface area (Å²) in [6.45, 7) is 7.24. The highest BCUT2D eigenvalue weighted by atomic mass is 16.6. The number of carboxylic acids is 1. The Kier molecular flexibility index (Phi) is 5.76. The Bertz CT molecular complexity index is 488. The van der Waals surface area contributed by atoms with Gasteiger partial charge in [0.25, 0.3) is 0 Å². The number of amides is 1. The maximum atomic E-state index is 11.7. The average Bonchev–Trinajstić information content (AvgIpc) is 2.36. The van der Waals surface area contributed by atoms with Crippen molar-refractivity contribution < 1.29 is 19.4 Å². The van der Waals surface area contributed by atoms with Gasteiger partial charge in [0, 0.05) is 6.42 Å². The molecule has 2 N–H and O–H groups in total. The summed E-state index contributed by atoms with van der Waals surface area (Å²) in [7, 11) is 0. The average molecular weight is 293 g/mol. The van der Waals surface area contributed by atoms with Crippen molar-refractivity contribution in [2.75, 3.05) is 0 Å². The van der Waals surface area contributed by atoms with Gasteiger partial charge < -0.3 is 15.2 Å². The van der Waals surface area contributed by atoms with E-state index in [2.05, 4.69) is 12.2 Å². The lowest BCUT2D eigenvalue weighted by Gasteiger charge is -2.22. The molecule has 1 aromatic rings. The number of nitrogens with one attached hydrogen (secondary N) is 1. The van der Waals surface area contributed by atoms with E-state index in [-0.39, 0.29) is 6.42 Å². The van der Waals surface area contributed by atoms with Crippen molar-refractivity contribution in [3.63, 3.8) is 0 Å². The van der Waals surface area contributed by atoms with Gasteiger partial charge in [0.1, 0.15) is 11.6 Å². The second-order valence-corrected chi connectivity index (χ2v) is 5.91. The minimum absolute atomic E-state index is 0.221. The van der Waals surface area contributed by atoms with E-state index in [9.17, 15) is 14.7 Å². The number of benzene rings is 1. The molecule has 1 amide bonds. The Morgan fingerprint density at radius 3 is 2.14 bits per heavy atom. The van der Waals surface area contributed by atoms with Crippen LogP contribution < -0.4 is 5.32 Å². The van der Waals surface area contributed by atoms with Gasteiger partial charge in [-0.1, -0.05) is 31.2 Å².